The lowest BCUT2D eigenvalue weighted by Gasteiger charge is -2.16. The molecule has 170 valence electrons. The Bertz CT molecular complexity index is 1040. The lowest BCUT2D eigenvalue weighted by molar-refractivity contribution is 0.160. The second-order valence-electron chi connectivity index (χ2n) is 8.39. The van der Waals surface area contributed by atoms with Gasteiger partial charge in [-0.3, -0.25) is 0 Å². The highest BCUT2D eigenvalue weighted by Crippen LogP contribution is 2.33. The van der Waals surface area contributed by atoms with Gasteiger partial charge in [0.25, 0.3) is 0 Å². The molecule has 3 rings (SSSR count). The van der Waals surface area contributed by atoms with Crippen LogP contribution in [0.1, 0.15) is 53.1 Å². The Morgan fingerprint density at radius 1 is 0.844 bits per heavy atom. The van der Waals surface area contributed by atoms with Crippen LogP contribution in [-0.4, -0.2) is 21.4 Å². The number of aliphatic hydroxyl groups excluding tert-OH is 3. The first-order valence-corrected chi connectivity index (χ1v) is 11.3. The molecule has 0 aliphatic carbocycles. The summed E-state index contributed by atoms with van der Waals surface area (Å²) in [4.78, 5) is 0. The predicted octanol–water partition coefficient (Wildman–Crippen LogP) is 5.24. The van der Waals surface area contributed by atoms with E-state index in [2.05, 4.69) is 38.1 Å². The van der Waals surface area contributed by atoms with Crippen LogP contribution in [0, 0.1) is 13.8 Å². The summed E-state index contributed by atoms with van der Waals surface area (Å²) in [7, 11) is 0. The van der Waals surface area contributed by atoms with Gasteiger partial charge in [-0.15, -0.1) is 0 Å². The van der Waals surface area contributed by atoms with Crippen LogP contribution in [0.3, 0.4) is 0 Å². The molecule has 1 atom stereocenters. The second kappa shape index (κ2) is 11.3. The van der Waals surface area contributed by atoms with Gasteiger partial charge in [-0.25, -0.2) is 0 Å². The molecule has 0 spiro atoms. The van der Waals surface area contributed by atoms with Crippen LogP contribution in [0.4, 0.5) is 0 Å². The van der Waals surface area contributed by atoms with Crippen molar-refractivity contribution < 1.29 is 20.1 Å². The molecule has 1 unspecified atom stereocenters. The van der Waals surface area contributed by atoms with Gasteiger partial charge in [0.05, 0.1) is 19.3 Å². The first-order valence-electron chi connectivity index (χ1n) is 11.3. The summed E-state index contributed by atoms with van der Waals surface area (Å²) in [6.07, 6.45) is 2.22. The van der Waals surface area contributed by atoms with Gasteiger partial charge in [-0.05, 0) is 89.8 Å². The molecule has 0 saturated heterocycles. The van der Waals surface area contributed by atoms with E-state index in [4.69, 9.17) is 4.74 Å². The number of aryl methyl sites for hydroxylation is 2. The van der Waals surface area contributed by atoms with Crippen molar-refractivity contribution in [1.29, 1.82) is 0 Å². The van der Waals surface area contributed by atoms with Crippen molar-refractivity contribution in [2.45, 2.75) is 66.0 Å². The molecular formula is C28H34O4. The minimum absolute atomic E-state index is 0.0878. The third-order valence-corrected chi connectivity index (χ3v) is 6.11. The Morgan fingerprint density at radius 2 is 1.59 bits per heavy atom. The van der Waals surface area contributed by atoms with Crippen LogP contribution in [0.5, 0.6) is 5.75 Å². The van der Waals surface area contributed by atoms with Crippen LogP contribution >= 0.6 is 0 Å². The molecule has 0 bridgehead atoms. The molecule has 3 aromatic carbocycles. The fraction of sp³-hybridized carbons (Fsp3) is 0.357. The summed E-state index contributed by atoms with van der Waals surface area (Å²) in [5, 5.41) is 28.7. The van der Waals surface area contributed by atoms with Gasteiger partial charge in [-0.1, -0.05) is 49.4 Å². The molecule has 0 aliphatic heterocycles. The predicted molar refractivity (Wildman–Crippen MR) is 129 cm³/mol. The summed E-state index contributed by atoms with van der Waals surface area (Å²) >= 11 is 0. The first-order chi connectivity index (χ1) is 15.5. The Labute approximate surface area is 191 Å². The fourth-order valence-electron chi connectivity index (χ4n) is 4.02. The van der Waals surface area contributed by atoms with E-state index in [9.17, 15) is 15.3 Å². The topological polar surface area (TPSA) is 69.9 Å². The third-order valence-electron chi connectivity index (χ3n) is 6.11. The maximum atomic E-state index is 9.84. The van der Waals surface area contributed by atoms with Crippen molar-refractivity contribution in [3.8, 4) is 16.9 Å². The second-order valence-corrected chi connectivity index (χ2v) is 8.39. The average molecular weight is 435 g/mol. The fourth-order valence-corrected chi connectivity index (χ4v) is 4.02. The highest BCUT2D eigenvalue weighted by Gasteiger charge is 2.11. The quantitative estimate of drug-likeness (QED) is 0.408. The van der Waals surface area contributed by atoms with Gasteiger partial charge < -0.3 is 20.1 Å². The van der Waals surface area contributed by atoms with E-state index in [0.29, 0.717) is 6.61 Å². The number of hydrogen-bond acceptors (Lipinski definition) is 4. The largest absolute Gasteiger partial charge is 0.489 e. The Morgan fingerprint density at radius 3 is 2.28 bits per heavy atom. The van der Waals surface area contributed by atoms with E-state index >= 15 is 0 Å². The number of benzene rings is 3. The lowest BCUT2D eigenvalue weighted by atomic mass is 9.93. The summed E-state index contributed by atoms with van der Waals surface area (Å²) in [5.41, 5.74) is 8.27. The molecule has 4 heteroatoms. The van der Waals surface area contributed by atoms with E-state index in [1.165, 1.54) is 16.7 Å². The first kappa shape index (κ1) is 24.0. The van der Waals surface area contributed by atoms with Gasteiger partial charge in [0.2, 0.25) is 0 Å². The summed E-state index contributed by atoms with van der Waals surface area (Å²) in [5.74, 6) is 0.828. The maximum Gasteiger partial charge on any atom is 0.123 e. The van der Waals surface area contributed by atoms with E-state index in [0.717, 1.165) is 52.8 Å². The average Bonchev–Trinajstić information content (AvgIpc) is 2.82. The normalized spacial score (nSPS) is 12.1. The molecular weight excluding hydrogens is 400 g/mol. The van der Waals surface area contributed by atoms with Gasteiger partial charge in [0, 0.05) is 0 Å². The highest BCUT2D eigenvalue weighted by molar-refractivity contribution is 5.72. The Kier molecular flexibility index (Phi) is 8.46. The number of rotatable bonds is 10. The van der Waals surface area contributed by atoms with Crippen molar-refractivity contribution in [1.82, 2.24) is 0 Å². The minimum atomic E-state index is -0.237. The van der Waals surface area contributed by atoms with E-state index in [-0.39, 0.29) is 19.3 Å². The monoisotopic (exact) mass is 434 g/mol. The number of hydrogen-bond donors (Lipinski definition) is 3. The molecule has 0 fully saturated rings. The minimum Gasteiger partial charge on any atom is -0.489 e. The van der Waals surface area contributed by atoms with Gasteiger partial charge >= 0.3 is 0 Å². The van der Waals surface area contributed by atoms with Crippen molar-refractivity contribution in [3.05, 3.63) is 88.0 Å². The van der Waals surface area contributed by atoms with E-state index in [1.807, 2.05) is 37.3 Å². The molecule has 0 heterocycles. The van der Waals surface area contributed by atoms with E-state index < -0.39 is 0 Å². The molecule has 4 nitrogen and oxygen atoms in total. The van der Waals surface area contributed by atoms with Crippen LogP contribution < -0.4 is 4.74 Å². The summed E-state index contributed by atoms with van der Waals surface area (Å²) < 4.78 is 6.13. The maximum absolute atomic E-state index is 9.84. The summed E-state index contributed by atoms with van der Waals surface area (Å²) in [6.45, 7) is 6.40. The van der Waals surface area contributed by atoms with Crippen LogP contribution in [0.2, 0.25) is 0 Å². The zero-order valence-electron chi connectivity index (χ0n) is 19.3. The molecule has 3 N–H and O–H groups in total. The van der Waals surface area contributed by atoms with Gasteiger partial charge in [-0.2, -0.15) is 0 Å². The smallest absolute Gasteiger partial charge is 0.123 e. The van der Waals surface area contributed by atoms with Crippen LogP contribution in [0.15, 0.2) is 54.6 Å². The van der Waals surface area contributed by atoms with Crippen molar-refractivity contribution in [3.63, 3.8) is 0 Å². The Balaban J connectivity index is 1.77. The lowest BCUT2D eigenvalue weighted by Crippen LogP contribution is -2.05. The molecule has 0 radical (unpaired) electrons. The number of ether oxygens (including phenoxy) is 1. The molecule has 32 heavy (non-hydrogen) atoms. The van der Waals surface area contributed by atoms with Crippen LogP contribution in [0.25, 0.3) is 11.1 Å². The highest BCUT2D eigenvalue weighted by atomic mass is 16.5. The molecule has 0 aromatic heterocycles. The zero-order valence-corrected chi connectivity index (χ0v) is 19.3. The summed E-state index contributed by atoms with van der Waals surface area (Å²) in [6, 6.07) is 18.3. The van der Waals surface area contributed by atoms with E-state index in [1.54, 1.807) is 0 Å². The molecule has 0 aliphatic rings. The Hall–Kier alpha value is -2.66. The van der Waals surface area contributed by atoms with Crippen LogP contribution in [-0.2, 0) is 26.2 Å². The molecule has 0 amide bonds. The number of aliphatic hydroxyl groups is 3. The van der Waals surface area contributed by atoms with Crippen molar-refractivity contribution in [2.24, 2.45) is 0 Å². The van der Waals surface area contributed by atoms with Crippen molar-refractivity contribution >= 4 is 0 Å². The molecule has 3 aromatic rings. The SMILES string of the molecule is CCC(O)CCc1ccc(-c2cccc(OCc3ccc(CO)c(CO)c3)c2C)c(C)c1. The van der Waals surface area contributed by atoms with Gasteiger partial charge in [0.1, 0.15) is 12.4 Å². The standard InChI is InChI=1S/C28H34O4/c1-4-25(31)12-9-21-10-13-26(19(2)14-21)27-6-5-7-28(20(27)3)32-18-22-8-11-23(16-29)24(15-22)17-30/h5-8,10-11,13-15,25,29-31H,4,9,12,16-18H2,1-3H3. The molecule has 0 saturated carbocycles. The van der Waals surface area contributed by atoms with Crippen molar-refractivity contribution in [2.75, 3.05) is 0 Å². The zero-order chi connectivity index (χ0) is 23.1. The van der Waals surface area contributed by atoms with Gasteiger partial charge in [0.15, 0.2) is 0 Å². The third kappa shape index (κ3) is 5.77.